The molecule has 0 radical (unpaired) electrons. The Labute approximate surface area is 161 Å². The Kier molecular flexibility index (Phi) is 5.92. The van der Waals surface area contributed by atoms with Crippen LogP contribution in [0.15, 0.2) is 65.7 Å². The Morgan fingerprint density at radius 2 is 1.85 bits per heavy atom. The lowest BCUT2D eigenvalue weighted by Crippen LogP contribution is -2.00. The molecule has 3 aromatic carbocycles. The third-order valence-electron chi connectivity index (χ3n) is 3.82. The summed E-state index contributed by atoms with van der Waals surface area (Å²) in [4.78, 5) is 4.43. The van der Waals surface area contributed by atoms with Crippen molar-refractivity contribution in [1.82, 2.24) is 0 Å². The lowest BCUT2D eigenvalue weighted by atomic mass is 10.2. The van der Waals surface area contributed by atoms with Crippen molar-refractivity contribution < 1.29 is 9.13 Å². The summed E-state index contributed by atoms with van der Waals surface area (Å²) in [5.41, 5.74) is 2.89. The Bertz CT molecular complexity index is 956. The van der Waals surface area contributed by atoms with Gasteiger partial charge in [0.25, 0.3) is 0 Å². The van der Waals surface area contributed by atoms with Crippen molar-refractivity contribution in [2.24, 2.45) is 4.99 Å². The van der Waals surface area contributed by atoms with Gasteiger partial charge in [-0.25, -0.2) is 4.39 Å². The van der Waals surface area contributed by atoms with Crippen LogP contribution in [-0.2, 0) is 6.61 Å². The van der Waals surface area contributed by atoms with Crippen LogP contribution >= 0.6 is 23.2 Å². The second-order valence-corrected chi connectivity index (χ2v) is 6.60. The number of ether oxygens (including phenoxy) is 1. The molecule has 0 aromatic heterocycles. The average molecular weight is 388 g/mol. The molecule has 0 aliphatic rings. The van der Waals surface area contributed by atoms with Crippen LogP contribution in [-0.4, -0.2) is 6.21 Å². The number of aliphatic imine (C=N–C) groups is 1. The van der Waals surface area contributed by atoms with Gasteiger partial charge in [0.1, 0.15) is 18.2 Å². The second kappa shape index (κ2) is 8.35. The predicted molar refractivity (Wildman–Crippen MR) is 106 cm³/mol. The van der Waals surface area contributed by atoms with Crippen molar-refractivity contribution in [1.29, 1.82) is 0 Å². The van der Waals surface area contributed by atoms with E-state index < -0.39 is 0 Å². The van der Waals surface area contributed by atoms with Gasteiger partial charge < -0.3 is 4.74 Å². The zero-order chi connectivity index (χ0) is 18.5. The molecular weight excluding hydrogens is 372 g/mol. The Balaban J connectivity index is 1.82. The van der Waals surface area contributed by atoms with Gasteiger partial charge in [0.05, 0.1) is 5.69 Å². The molecule has 5 heteroatoms. The maximum absolute atomic E-state index is 13.8. The van der Waals surface area contributed by atoms with Crippen LogP contribution in [0.1, 0.15) is 16.7 Å². The molecule has 0 aliphatic heterocycles. The summed E-state index contributed by atoms with van der Waals surface area (Å²) in [6, 6.07) is 17.3. The van der Waals surface area contributed by atoms with Gasteiger partial charge in [-0.1, -0.05) is 47.5 Å². The molecule has 0 bridgehead atoms. The molecule has 0 aliphatic carbocycles. The van der Waals surface area contributed by atoms with Crippen LogP contribution in [0.25, 0.3) is 0 Å². The van der Waals surface area contributed by atoms with E-state index in [2.05, 4.69) is 4.99 Å². The van der Waals surface area contributed by atoms with Gasteiger partial charge in [-0.15, -0.1) is 0 Å². The normalized spacial score (nSPS) is 11.1. The minimum absolute atomic E-state index is 0.117. The highest BCUT2D eigenvalue weighted by atomic mass is 35.5. The molecular formula is C21H16Cl2FNO. The zero-order valence-corrected chi connectivity index (χ0v) is 15.6. The van der Waals surface area contributed by atoms with Gasteiger partial charge in [0, 0.05) is 27.4 Å². The fourth-order valence-corrected chi connectivity index (χ4v) is 2.68. The van der Waals surface area contributed by atoms with Crippen molar-refractivity contribution in [2.75, 3.05) is 0 Å². The maximum atomic E-state index is 13.8. The highest BCUT2D eigenvalue weighted by Crippen LogP contribution is 2.25. The van der Waals surface area contributed by atoms with E-state index in [9.17, 15) is 4.39 Å². The molecule has 0 N–H and O–H groups in total. The van der Waals surface area contributed by atoms with E-state index in [0.717, 1.165) is 11.3 Å². The minimum atomic E-state index is -0.300. The number of hydrogen-bond acceptors (Lipinski definition) is 2. The molecule has 0 atom stereocenters. The number of halogens is 3. The van der Waals surface area contributed by atoms with Gasteiger partial charge in [-0.05, 0) is 48.9 Å². The first kappa shape index (κ1) is 18.4. The summed E-state index contributed by atoms with van der Waals surface area (Å²) in [6.45, 7) is 2.05. The van der Waals surface area contributed by atoms with Crippen molar-refractivity contribution in [2.45, 2.75) is 13.5 Å². The first-order valence-electron chi connectivity index (χ1n) is 7.99. The van der Waals surface area contributed by atoms with Crippen molar-refractivity contribution in [3.05, 3.63) is 93.2 Å². The highest BCUT2D eigenvalue weighted by Gasteiger charge is 2.06. The lowest BCUT2D eigenvalue weighted by Gasteiger charge is -2.10. The summed E-state index contributed by atoms with van der Waals surface area (Å²) in [7, 11) is 0. The number of aryl methyl sites for hydroxylation is 1. The second-order valence-electron chi connectivity index (χ2n) is 5.75. The van der Waals surface area contributed by atoms with Crippen LogP contribution in [0.4, 0.5) is 10.1 Å². The quantitative estimate of drug-likeness (QED) is 0.442. The largest absolute Gasteiger partial charge is 0.488 e. The van der Waals surface area contributed by atoms with Crippen LogP contribution in [0.5, 0.6) is 5.75 Å². The minimum Gasteiger partial charge on any atom is -0.488 e. The standard InChI is InChI=1S/C21H16Cl2FNO/c1-14-6-8-18(11-19(14)23)25-12-16-10-17(22)7-9-21(16)26-13-15-4-2-3-5-20(15)24/h2-12H,13H2,1H3. The molecule has 0 heterocycles. The van der Waals surface area contributed by atoms with Gasteiger partial charge >= 0.3 is 0 Å². The zero-order valence-electron chi connectivity index (χ0n) is 14.0. The summed E-state index contributed by atoms with van der Waals surface area (Å²) in [6.07, 6.45) is 1.66. The molecule has 0 saturated heterocycles. The lowest BCUT2D eigenvalue weighted by molar-refractivity contribution is 0.299. The predicted octanol–water partition coefficient (Wildman–Crippen LogP) is 6.77. The summed E-state index contributed by atoms with van der Waals surface area (Å²) in [5, 5.41) is 1.22. The summed E-state index contributed by atoms with van der Waals surface area (Å²) < 4.78 is 19.5. The molecule has 0 fully saturated rings. The van der Waals surface area contributed by atoms with Crippen molar-refractivity contribution in [3.8, 4) is 5.75 Å². The van der Waals surface area contributed by atoms with Gasteiger partial charge in [-0.3, -0.25) is 4.99 Å². The number of rotatable bonds is 5. The molecule has 0 unspecified atom stereocenters. The molecule has 0 saturated carbocycles. The van der Waals surface area contributed by atoms with Crippen molar-refractivity contribution >= 4 is 35.1 Å². The monoisotopic (exact) mass is 387 g/mol. The topological polar surface area (TPSA) is 21.6 Å². The fourth-order valence-electron chi connectivity index (χ4n) is 2.33. The number of hydrogen-bond donors (Lipinski definition) is 0. The molecule has 26 heavy (non-hydrogen) atoms. The number of nitrogens with zero attached hydrogens (tertiary/aromatic N) is 1. The maximum Gasteiger partial charge on any atom is 0.129 e. The molecule has 3 aromatic rings. The van der Waals surface area contributed by atoms with Crippen LogP contribution in [0.3, 0.4) is 0 Å². The highest BCUT2D eigenvalue weighted by molar-refractivity contribution is 6.31. The van der Waals surface area contributed by atoms with E-state index >= 15 is 0 Å². The van der Waals surface area contributed by atoms with Gasteiger partial charge in [0.15, 0.2) is 0 Å². The Morgan fingerprint density at radius 3 is 2.62 bits per heavy atom. The summed E-state index contributed by atoms with van der Waals surface area (Å²) >= 11 is 12.2. The third kappa shape index (κ3) is 4.63. The van der Waals surface area contributed by atoms with E-state index in [1.165, 1.54) is 6.07 Å². The number of benzene rings is 3. The van der Waals surface area contributed by atoms with Crippen LogP contribution < -0.4 is 4.74 Å². The first-order valence-corrected chi connectivity index (χ1v) is 8.74. The van der Waals surface area contributed by atoms with E-state index in [1.54, 1.807) is 48.7 Å². The molecule has 132 valence electrons. The molecule has 0 amide bonds. The van der Waals surface area contributed by atoms with E-state index in [0.29, 0.717) is 26.9 Å². The van der Waals surface area contributed by atoms with E-state index in [4.69, 9.17) is 27.9 Å². The Hall–Kier alpha value is -2.36. The van der Waals surface area contributed by atoms with Crippen LogP contribution in [0, 0.1) is 12.7 Å². The SMILES string of the molecule is Cc1ccc(N=Cc2cc(Cl)ccc2OCc2ccccc2F)cc1Cl. The molecule has 0 spiro atoms. The summed E-state index contributed by atoms with van der Waals surface area (Å²) in [5.74, 6) is 0.269. The van der Waals surface area contributed by atoms with E-state index in [1.807, 2.05) is 19.1 Å². The third-order valence-corrected chi connectivity index (χ3v) is 4.46. The molecule has 2 nitrogen and oxygen atoms in total. The van der Waals surface area contributed by atoms with Gasteiger partial charge in [0.2, 0.25) is 0 Å². The van der Waals surface area contributed by atoms with Gasteiger partial charge in [-0.2, -0.15) is 0 Å². The Morgan fingerprint density at radius 1 is 1.04 bits per heavy atom. The van der Waals surface area contributed by atoms with E-state index in [-0.39, 0.29) is 12.4 Å². The van der Waals surface area contributed by atoms with Crippen LogP contribution in [0.2, 0.25) is 10.0 Å². The fraction of sp³-hybridized carbons (Fsp3) is 0.0952. The average Bonchev–Trinajstić information content (AvgIpc) is 2.63. The van der Waals surface area contributed by atoms with Crippen molar-refractivity contribution in [3.63, 3.8) is 0 Å². The molecule has 3 rings (SSSR count). The smallest absolute Gasteiger partial charge is 0.129 e. The first-order chi connectivity index (χ1) is 12.5.